The fourth-order valence-electron chi connectivity index (χ4n) is 3.34. The molecule has 1 amide bonds. The summed E-state index contributed by atoms with van der Waals surface area (Å²) >= 11 is 0. The first kappa shape index (κ1) is 17.4. The van der Waals surface area contributed by atoms with Crippen LogP contribution in [0.1, 0.15) is 38.7 Å². The van der Waals surface area contributed by atoms with Crippen molar-refractivity contribution >= 4 is 5.91 Å². The van der Waals surface area contributed by atoms with E-state index in [-0.39, 0.29) is 17.4 Å². The van der Waals surface area contributed by atoms with Crippen molar-refractivity contribution < 1.29 is 9.90 Å². The van der Waals surface area contributed by atoms with Crippen LogP contribution in [0.4, 0.5) is 0 Å². The third kappa shape index (κ3) is 3.95. The molecular weight excluding hydrogens is 302 g/mol. The van der Waals surface area contributed by atoms with E-state index >= 15 is 0 Å². The summed E-state index contributed by atoms with van der Waals surface area (Å²) in [6.45, 7) is 10.1. The van der Waals surface area contributed by atoms with Crippen LogP contribution in [0.15, 0.2) is 24.5 Å². The molecule has 3 rings (SSSR count). The fraction of sp³-hybridized carbons (Fsp3) is 0.684. The molecule has 2 aliphatic rings. The third-order valence-electron chi connectivity index (χ3n) is 5.33. The Bertz CT molecular complexity index is 562. The molecule has 2 heterocycles. The molecular formula is C19H29N3O2. The van der Waals surface area contributed by atoms with Gasteiger partial charge in [0, 0.05) is 51.0 Å². The fourth-order valence-corrected chi connectivity index (χ4v) is 3.34. The standard InChI is InChI=1S/C19H29N3O2/c1-19(2,3)17(23)13-21-7-9-22(10-8-21)18(24)16-11-15(16)14-5-4-6-20-12-14/h4-6,12,15-17,23H,7-11,13H2,1-3H3/t15-,16+,17-/m1/s1. The van der Waals surface area contributed by atoms with Crippen LogP contribution in [0.25, 0.3) is 0 Å². The first-order valence-corrected chi connectivity index (χ1v) is 8.95. The number of amides is 1. The minimum absolute atomic E-state index is 0.0993. The minimum Gasteiger partial charge on any atom is -0.391 e. The van der Waals surface area contributed by atoms with E-state index in [9.17, 15) is 9.90 Å². The van der Waals surface area contributed by atoms with Gasteiger partial charge in [-0.25, -0.2) is 0 Å². The summed E-state index contributed by atoms with van der Waals surface area (Å²) in [5.74, 6) is 0.785. The number of hydrogen-bond acceptors (Lipinski definition) is 4. The zero-order chi connectivity index (χ0) is 17.3. The van der Waals surface area contributed by atoms with Crippen molar-refractivity contribution in [2.75, 3.05) is 32.7 Å². The molecule has 5 nitrogen and oxygen atoms in total. The number of aromatic nitrogens is 1. The van der Waals surface area contributed by atoms with Crippen molar-refractivity contribution in [3.05, 3.63) is 30.1 Å². The van der Waals surface area contributed by atoms with Gasteiger partial charge in [-0.1, -0.05) is 26.8 Å². The van der Waals surface area contributed by atoms with Gasteiger partial charge in [0.15, 0.2) is 0 Å². The topological polar surface area (TPSA) is 56.7 Å². The quantitative estimate of drug-likeness (QED) is 0.913. The van der Waals surface area contributed by atoms with E-state index in [1.807, 2.05) is 17.2 Å². The van der Waals surface area contributed by atoms with E-state index in [1.165, 1.54) is 5.56 Å². The molecule has 1 N–H and O–H groups in total. The zero-order valence-corrected chi connectivity index (χ0v) is 15.0. The normalized spacial score (nSPS) is 26.2. The van der Waals surface area contributed by atoms with E-state index in [2.05, 4.69) is 36.7 Å². The number of rotatable bonds is 4. The molecule has 5 heteroatoms. The maximum atomic E-state index is 12.7. The third-order valence-corrected chi connectivity index (χ3v) is 5.33. The first-order chi connectivity index (χ1) is 11.4. The maximum Gasteiger partial charge on any atom is 0.226 e. The predicted molar refractivity (Wildman–Crippen MR) is 93.6 cm³/mol. The van der Waals surface area contributed by atoms with Crippen LogP contribution in [0.3, 0.4) is 0 Å². The number of pyridine rings is 1. The van der Waals surface area contributed by atoms with Crippen molar-refractivity contribution in [2.45, 2.75) is 39.2 Å². The molecule has 1 aliphatic heterocycles. The highest BCUT2D eigenvalue weighted by Crippen LogP contribution is 2.48. The van der Waals surface area contributed by atoms with Crippen LogP contribution in [0, 0.1) is 11.3 Å². The van der Waals surface area contributed by atoms with Crippen LogP contribution in [-0.2, 0) is 4.79 Å². The zero-order valence-electron chi connectivity index (χ0n) is 15.0. The number of β-amino-alcohol motifs (C(OH)–C–C–N with tert-alkyl or cyclic N) is 1. The number of nitrogens with zero attached hydrogens (tertiary/aromatic N) is 3. The lowest BCUT2D eigenvalue weighted by atomic mass is 9.89. The number of carbonyl (C=O) groups excluding carboxylic acids is 1. The van der Waals surface area contributed by atoms with E-state index in [0.717, 1.165) is 32.6 Å². The molecule has 1 saturated carbocycles. The summed E-state index contributed by atoms with van der Waals surface area (Å²) in [5, 5.41) is 10.2. The molecule has 1 aromatic rings. The van der Waals surface area contributed by atoms with E-state index < -0.39 is 0 Å². The number of carbonyl (C=O) groups is 1. The van der Waals surface area contributed by atoms with E-state index in [0.29, 0.717) is 18.4 Å². The molecule has 1 saturated heterocycles. The second-order valence-electron chi connectivity index (χ2n) is 8.24. The summed E-state index contributed by atoms with van der Waals surface area (Å²) < 4.78 is 0. The lowest BCUT2D eigenvalue weighted by Crippen LogP contribution is -2.52. The second-order valence-corrected chi connectivity index (χ2v) is 8.24. The SMILES string of the molecule is CC(C)(C)[C@H](O)CN1CCN(C(=O)[C@H]2C[C@@H]2c2cccnc2)CC1. The molecule has 2 fully saturated rings. The Balaban J connectivity index is 1.47. The van der Waals surface area contributed by atoms with Gasteiger partial charge in [-0.15, -0.1) is 0 Å². The Morgan fingerprint density at radius 3 is 2.62 bits per heavy atom. The van der Waals surface area contributed by atoms with Gasteiger partial charge in [-0.2, -0.15) is 0 Å². The van der Waals surface area contributed by atoms with Crippen LogP contribution >= 0.6 is 0 Å². The van der Waals surface area contributed by atoms with Crippen LogP contribution in [-0.4, -0.2) is 64.6 Å². The molecule has 0 unspecified atom stereocenters. The summed E-state index contributed by atoms with van der Waals surface area (Å²) in [6, 6.07) is 4.01. The molecule has 0 aromatic carbocycles. The Hall–Kier alpha value is -1.46. The lowest BCUT2D eigenvalue weighted by molar-refractivity contribution is -0.134. The van der Waals surface area contributed by atoms with Crippen molar-refractivity contribution in [3.8, 4) is 0 Å². The average molecular weight is 331 g/mol. The average Bonchev–Trinajstić information content (AvgIpc) is 3.35. The van der Waals surface area contributed by atoms with Crippen molar-refractivity contribution in [2.24, 2.45) is 11.3 Å². The Kier molecular flexibility index (Phi) is 4.92. The van der Waals surface area contributed by atoms with Crippen molar-refractivity contribution in [3.63, 3.8) is 0 Å². The Labute approximate surface area is 144 Å². The molecule has 132 valence electrons. The van der Waals surface area contributed by atoms with Crippen LogP contribution < -0.4 is 0 Å². The number of aliphatic hydroxyl groups is 1. The minimum atomic E-state index is -0.335. The monoisotopic (exact) mass is 331 g/mol. The van der Waals surface area contributed by atoms with Gasteiger partial charge in [0.1, 0.15) is 0 Å². The second kappa shape index (κ2) is 6.81. The highest BCUT2D eigenvalue weighted by atomic mass is 16.3. The molecule has 0 radical (unpaired) electrons. The van der Waals surface area contributed by atoms with Gasteiger partial charge in [-0.05, 0) is 29.4 Å². The Morgan fingerprint density at radius 1 is 1.33 bits per heavy atom. The molecule has 3 atom stereocenters. The molecule has 24 heavy (non-hydrogen) atoms. The van der Waals surface area contributed by atoms with Gasteiger partial charge in [0.05, 0.1) is 6.10 Å². The summed E-state index contributed by atoms with van der Waals surface area (Å²) in [4.78, 5) is 21.1. The van der Waals surface area contributed by atoms with E-state index in [4.69, 9.17) is 0 Å². The van der Waals surface area contributed by atoms with Crippen LogP contribution in [0.5, 0.6) is 0 Å². The number of aliphatic hydroxyl groups excluding tert-OH is 1. The largest absolute Gasteiger partial charge is 0.391 e. The molecule has 0 spiro atoms. The number of piperazine rings is 1. The summed E-state index contributed by atoms with van der Waals surface area (Å²) in [7, 11) is 0. The van der Waals surface area contributed by atoms with Crippen molar-refractivity contribution in [1.82, 2.24) is 14.8 Å². The van der Waals surface area contributed by atoms with Crippen molar-refractivity contribution in [1.29, 1.82) is 0 Å². The van der Waals surface area contributed by atoms with Crippen LogP contribution in [0.2, 0.25) is 0 Å². The lowest BCUT2D eigenvalue weighted by Gasteiger charge is -2.38. The smallest absolute Gasteiger partial charge is 0.226 e. The predicted octanol–water partition coefficient (Wildman–Crippen LogP) is 1.74. The highest BCUT2D eigenvalue weighted by Gasteiger charge is 2.46. The Morgan fingerprint density at radius 2 is 2.04 bits per heavy atom. The molecule has 1 aliphatic carbocycles. The summed E-state index contributed by atoms with van der Waals surface area (Å²) in [6.07, 6.45) is 4.27. The first-order valence-electron chi connectivity index (χ1n) is 8.95. The highest BCUT2D eigenvalue weighted by molar-refractivity contribution is 5.83. The van der Waals surface area contributed by atoms with Gasteiger partial charge >= 0.3 is 0 Å². The van der Waals surface area contributed by atoms with E-state index in [1.54, 1.807) is 6.20 Å². The molecule has 1 aromatic heterocycles. The van der Waals surface area contributed by atoms with Gasteiger partial charge in [-0.3, -0.25) is 14.7 Å². The molecule has 0 bridgehead atoms. The number of hydrogen-bond donors (Lipinski definition) is 1. The van der Waals surface area contributed by atoms with Gasteiger partial charge in [0.2, 0.25) is 5.91 Å². The van der Waals surface area contributed by atoms with Gasteiger partial charge in [0.25, 0.3) is 0 Å². The van der Waals surface area contributed by atoms with Gasteiger partial charge < -0.3 is 10.0 Å². The summed E-state index contributed by atoms with van der Waals surface area (Å²) in [5.41, 5.74) is 1.08. The maximum absolute atomic E-state index is 12.7.